The van der Waals surface area contributed by atoms with Gasteiger partial charge in [-0.2, -0.15) is 0 Å². The molecule has 0 radical (unpaired) electrons. The lowest BCUT2D eigenvalue weighted by molar-refractivity contribution is 0.103. The summed E-state index contributed by atoms with van der Waals surface area (Å²) in [5.74, 6) is -0.416. The normalized spacial score (nSPS) is 27.5. The van der Waals surface area contributed by atoms with E-state index in [4.69, 9.17) is 0 Å². The monoisotopic (exact) mass is 269 g/mol. The zero-order chi connectivity index (χ0) is 13.9. The quantitative estimate of drug-likeness (QED) is 0.880. The van der Waals surface area contributed by atoms with Crippen LogP contribution in [0.3, 0.4) is 0 Å². The molecule has 0 spiro atoms. The predicted molar refractivity (Wildman–Crippen MR) is 70.6 cm³/mol. The molecule has 106 valence electrons. The molecule has 1 saturated carbocycles. The van der Waals surface area contributed by atoms with Gasteiger partial charge in [-0.1, -0.05) is 13.0 Å². The van der Waals surface area contributed by atoms with Gasteiger partial charge in [0.05, 0.1) is 6.61 Å². The maximum atomic E-state index is 13.6. The van der Waals surface area contributed by atoms with Gasteiger partial charge in [0.25, 0.3) is 0 Å². The minimum absolute atomic E-state index is 0.00971. The molecule has 1 aliphatic rings. The molecule has 1 fully saturated rings. The Morgan fingerprint density at radius 1 is 1.26 bits per heavy atom. The summed E-state index contributed by atoms with van der Waals surface area (Å²) in [4.78, 5) is 0. The van der Waals surface area contributed by atoms with E-state index in [9.17, 15) is 13.9 Å². The van der Waals surface area contributed by atoms with Gasteiger partial charge in [-0.3, -0.25) is 0 Å². The molecule has 0 saturated heterocycles. The second kappa shape index (κ2) is 5.97. The Hall–Kier alpha value is -1.00. The Kier molecular flexibility index (Phi) is 4.53. The van der Waals surface area contributed by atoms with Crippen molar-refractivity contribution in [3.8, 4) is 0 Å². The zero-order valence-electron chi connectivity index (χ0n) is 11.3. The number of rotatable bonds is 4. The first-order valence-electron chi connectivity index (χ1n) is 6.85. The maximum Gasteiger partial charge on any atom is 0.130 e. The first-order chi connectivity index (χ1) is 9.06. The van der Waals surface area contributed by atoms with Crippen LogP contribution in [0.2, 0.25) is 0 Å². The lowest BCUT2D eigenvalue weighted by Gasteiger charge is -2.39. The van der Waals surface area contributed by atoms with Crippen LogP contribution in [-0.4, -0.2) is 17.3 Å². The highest BCUT2D eigenvalue weighted by molar-refractivity contribution is 5.19. The van der Waals surface area contributed by atoms with Gasteiger partial charge in [-0.05, 0) is 43.7 Å². The lowest BCUT2D eigenvalue weighted by atomic mass is 9.77. The van der Waals surface area contributed by atoms with E-state index in [0.717, 1.165) is 25.7 Å². The Morgan fingerprint density at radius 3 is 2.37 bits per heavy atom. The molecule has 2 N–H and O–H groups in total. The van der Waals surface area contributed by atoms with Crippen molar-refractivity contribution in [1.82, 2.24) is 5.32 Å². The average molecular weight is 269 g/mol. The lowest BCUT2D eigenvalue weighted by Crippen LogP contribution is -2.50. The van der Waals surface area contributed by atoms with E-state index in [2.05, 4.69) is 12.2 Å². The third-order valence-corrected chi connectivity index (χ3v) is 4.24. The molecule has 19 heavy (non-hydrogen) atoms. The number of aliphatic hydroxyl groups excluding tert-OH is 1. The molecule has 0 unspecified atom stereocenters. The molecular formula is C15H21F2NO. The van der Waals surface area contributed by atoms with Crippen LogP contribution in [0.25, 0.3) is 0 Å². The van der Waals surface area contributed by atoms with E-state index in [-0.39, 0.29) is 24.3 Å². The van der Waals surface area contributed by atoms with Crippen LogP contribution in [0.1, 0.15) is 38.2 Å². The fraction of sp³-hybridized carbons (Fsp3) is 0.600. The van der Waals surface area contributed by atoms with E-state index >= 15 is 0 Å². The van der Waals surface area contributed by atoms with Crippen molar-refractivity contribution in [3.63, 3.8) is 0 Å². The minimum atomic E-state index is -0.537. The Labute approximate surface area is 112 Å². The van der Waals surface area contributed by atoms with Crippen LogP contribution < -0.4 is 5.32 Å². The first kappa shape index (κ1) is 14.4. The molecule has 0 aliphatic heterocycles. The van der Waals surface area contributed by atoms with Crippen LogP contribution in [0.5, 0.6) is 0 Å². The molecule has 4 heteroatoms. The fourth-order valence-corrected chi connectivity index (χ4v) is 2.68. The van der Waals surface area contributed by atoms with Gasteiger partial charge in [-0.25, -0.2) is 8.78 Å². The van der Waals surface area contributed by atoms with E-state index in [1.54, 1.807) is 0 Å². The first-order valence-corrected chi connectivity index (χ1v) is 6.85. The van der Waals surface area contributed by atoms with Crippen molar-refractivity contribution in [2.75, 3.05) is 6.61 Å². The summed E-state index contributed by atoms with van der Waals surface area (Å²) < 4.78 is 27.1. The molecule has 0 bridgehead atoms. The third-order valence-electron chi connectivity index (χ3n) is 4.24. The smallest absolute Gasteiger partial charge is 0.130 e. The van der Waals surface area contributed by atoms with Crippen LogP contribution in [0, 0.1) is 17.6 Å². The second-order valence-electron chi connectivity index (χ2n) is 5.67. The number of aliphatic hydroxyl groups is 1. The van der Waals surface area contributed by atoms with Gasteiger partial charge in [0.15, 0.2) is 0 Å². The zero-order valence-corrected chi connectivity index (χ0v) is 11.3. The van der Waals surface area contributed by atoms with Crippen LogP contribution >= 0.6 is 0 Å². The van der Waals surface area contributed by atoms with Crippen LogP contribution in [0.15, 0.2) is 18.2 Å². The summed E-state index contributed by atoms with van der Waals surface area (Å²) in [6.07, 6.45) is 3.77. The van der Waals surface area contributed by atoms with E-state index in [1.165, 1.54) is 18.2 Å². The highest BCUT2D eigenvalue weighted by Crippen LogP contribution is 2.32. The van der Waals surface area contributed by atoms with Crippen LogP contribution in [-0.2, 0) is 6.54 Å². The Balaban J connectivity index is 2.04. The van der Waals surface area contributed by atoms with Crippen molar-refractivity contribution in [2.24, 2.45) is 5.92 Å². The van der Waals surface area contributed by atoms with Gasteiger partial charge in [-0.15, -0.1) is 0 Å². The van der Waals surface area contributed by atoms with Crippen molar-refractivity contribution in [3.05, 3.63) is 35.4 Å². The SMILES string of the molecule is CC1CCC(CO)(NCc2c(F)cccc2F)CC1. The van der Waals surface area contributed by atoms with Crippen molar-refractivity contribution in [2.45, 2.75) is 44.7 Å². The summed E-state index contributed by atoms with van der Waals surface area (Å²) in [5, 5.41) is 12.8. The summed E-state index contributed by atoms with van der Waals surface area (Å²) in [5.41, 5.74) is -0.338. The highest BCUT2D eigenvalue weighted by atomic mass is 19.1. The van der Waals surface area contributed by atoms with E-state index in [1.807, 2.05) is 0 Å². The fourth-order valence-electron chi connectivity index (χ4n) is 2.68. The predicted octanol–water partition coefficient (Wildman–Crippen LogP) is 3.00. The molecule has 0 amide bonds. The average Bonchev–Trinajstić information content (AvgIpc) is 2.41. The van der Waals surface area contributed by atoms with Crippen LogP contribution in [0.4, 0.5) is 8.78 Å². The minimum Gasteiger partial charge on any atom is -0.394 e. The summed E-state index contributed by atoms with van der Waals surface area (Å²) in [6.45, 7) is 2.32. The molecule has 2 rings (SSSR count). The van der Waals surface area contributed by atoms with Gasteiger partial charge >= 0.3 is 0 Å². The van der Waals surface area contributed by atoms with Gasteiger partial charge in [0.2, 0.25) is 0 Å². The number of nitrogens with one attached hydrogen (secondary N) is 1. The van der Waals surface area contributed by atoms with Crippen molar-refractivity contribution < 1.29 is 13.9 Å². The number of halogens is 2. The third kappa shape index (κ3) is 3.31. The molecule has 2 nitrogen and oxygen atoms in total. The van der Waals surface area contributed by atoms with Crippen molar-refractivity contribution in [1.29, 1.82) is 0 Å². The van der Waals surface area contributed by atoms with E-state index in [0.29, 0.717) is 5.92 Å². The molecular weight excluding hydrogens is 248 g/mol. The molecule has 1 aromatic rings. The molecule has 0 atom stereocenters. The van der Waals surface area contributed by atoms with Gasteiger partial charge in [0.1, 0.15) is 11.6 Å². The number of hydrogen-bond acceptors (Lipinski definition) is 2. The summed E-state index contributed by atoms with van der Waals surface area (Å²) >= 11 is 0. The largest absolute Gasteiger partial charge is 0.394 e. The highest BCUT2D eigenvalue weighted by Gasteiger charge is 2.33. The van der Waals surface area contributed by atoms with Crippen molar-refractivity contribution >= 4 is 0 Å². The summed E-state index contributed by atoms with van der Waals surface area (Å²) in [7, 11) is 0. The van der Waals surface area contributed by atoms with Gasteiger partial charge < -0.3 is 10.4 Å². The van der Waals surface area contributed by atoms with E-state index < -0.39 is 11.6 Å². The number of hydrogen-bond donors (Lipinski definition) is 2. The Bertz CT molecular complexity index is 408. The molecule has 1 aliphatic carbocycles. The number of benzene rings is 1. The molecule has 0 heterocycles. The maximum absolute atomic E-state index is 13.6. The molecule has 0 aromatic heterocycles. The molecule has 1 aromatic carbocycles. The van der Waals surface area contributed by atoms with Gasteiger partial charge in [0, 0.05) is 17.6 Å². The second-order valence-corrected chi connectivity index (χ2v) is 5.67. The Morgan fingerprint density at radius 2 is 1.84 bits per heavy atom. The topological polar surface area (TPSA) is 32.3 Å². The summed E-state index contributed by atoms with van der Waals surface area (Å²) in [6, 6.07) is 3.88. The standard InChI is InChI=1S/C15H21F2NO/c1-11-5-7-15(10-19,8-6-11)18-9-12-13(16)3-2-4-14(12)17/h2-4,11,18-19H,5-10H2,1H3.